The Morgan fingerprint density at radius 2 is 1.79 bits per heavy atom. The number of aliphatic hydroxyl groups excluding tert-OH is 1. The Kier molecular flexibility index (Phi) is 9.74. The maximum Gasteiger partial charge on any atom is 0.350 e. The van der Waals surface area contributed by atoms with E-state index in [1.165, 1.54) is 29.1 Å². The molecule has 1 saturated carbocycles. The van der Waals surface area contributed by atoms with E-state index < -0.39 is 17.7 Å². The molecule has 0 bridgehead atoms. The van der Waals surface area contributed by atoms with Gasteiger partial charge in [0.2, 0.25) is 5.60 Å². The van der Waals surface area contributed by atoms with E-state index in [1.54, 1.807) is 36.4 Å². The first-order valence-electron chi connectivity index (χ1n) is 12.8. The number of nitrogens with zero attached hydrogens (tertiary/aromatic N) is 1. The second-order valence-corrected chi connectivity index (χ2v) is 11.5. The summed E-state index contributed by atoms with van der Waals surface area (Å²) in [5.41, 5.74) is -0.538. The lowest BCUT2D eigenvalue weighted by Gasteiger charge is -2.31. The molecule has 1 fully saturated rings. The number of carbonyl (C=O) groups excluding carboxylic acids is 2. The lowest BCUT2D eigenvalue weighted by molar-refractivity contribution is -0.166. The van der Waals surface area contributed by atoms with Crippen LogP contribution in [0.1, 0.15) is 51.4 Å². The summed E-state index contributed by atoms with van der Waals surface area (Å²) in [6, 6.07) is 14.0. The molecule has 0 saturated heterocycles. The molecule has 1 aliphatic rings. The van der Waals surface area contributed by atoms with Crippen LogP contribution in [0.5, 0.6) is 0 Å². The highest BCUT2D eigenvalue weighted by molar-refractivity contribution is 7.12. The molecule has 3 N–H and O–H groups in total. The smallest absolute Gasteiger partial charge is 0.350 e. The van der Waals surface area contributed by atoms with Crippen LogP contribution in [0.3, 0.4) is 0 Å². The van der Waals surface area contributed by atoms with Gasteiger partial charge in [-0.15, -0.1) is 22.7 Å². The van der Waals surface area contributed by atoms with Gasteiger partial charge in [0.1, 0.15) is 6.10 Å². The topological polar surface area (TPSA) is 99.1 Å². The Hall–Kier alpha value is -2.98. The minimum absolute atomic E-state index is 0.0581. The molecule has 1 atom stereocenters. The van der Waals surface area contributed by atoms with Crippen LogP contribution in [0.4, 0.5) is 0 Å². The number of likely N-dealkylation sites (N-methyl/N-ethyl adjacent to an activating group) is 1. The lowest BCUT2D eigenvalue weighted by atomic mass is 9.81. The SMILES string of the molecule is CN(/C=C/C(CC1CCC1)OC(=O)C(O)(c1cccs1)c1cccs1)CCNC(=O)c1ccc(CO)cc1. The lowest BCUT2D eigenvalue weighted by Crippen LogP contribution is -2.39. The van der Waals surface area contributed by atoms with E-state index in [0.29, 0.717) is 40.7 Å². The minimum atomic E-state index is -1.83. The predicted molar refractivity (Wildman–Crippen MR) is 150 cm³/mol. The maximum absolute atomic E-state index is 13.5. The summed E-state index contributed by atoms with van der Waals surface area (Å²) in [6.07, 6.45) is 7.39. The first-order valence-corrected chi connectivity index (χ1v) is 14.5. The van der Waals surface area contributed by atoms with Crippen LogP contribution in [-0.4, -0.2) is 53.2 Å². The molecule has 0 radical (unpaired) electrons. The highest BCUT2D eigenvalue weighted by Gasteiger charge is 2.44. The standard InChI is InChI=1S/C29H34N2O5S2/c1-31(16-14-30-27(33)23-11-9-22(20-32)10-12-23)15-13-24(19-21-5-2-6-21)36-28(34)29(35,25-7-3-17-37-25)26-8-4-18-38-26/h3-4,7-13,15,17-18,21,24,32,35H,2,5-6,14,16,19-20H2,1H3,(H,30,33)/b15-13+. The zero-order valence-electron chi connectivity index (χ0n) is 21.4. The van der Waals surface area contributed by atoms with E-state index in [9.17, 15) is 14.7 Å². The zero-order valence-corrected chi connectivity index (χ0v) is 23.0. The highest BCUT2D eigenvalue weighted by atomic mass is 32.1. The molecule has 4 rings (SSSR count). The van der Waals surface area contributed by atoms with Crippen LogP contribution in [0.25, 0.3) is 0 Å². The molecule has 1 aromatic carbocycles. The Labute approximate surface area is 231 Å². The number of esters is 1. The van der Waals surface area contributed by atoms with Gasteiger partial charge in [0, 0.05) is 25.7 Å². The molecule has 38 heavy (non-hydrogen) atoms. The highest BCUT2D eigenvalue weighted by Crippen LogP contribution is 2.38. The van der Waals surface area contributed by atoms with Crippen molar-refractivity contribution in [1.82, 2.24) is 10.2 Å². The summed E-state index contributed by atoms with van der Waals surface area (Å²) in [5.74, 6) is -0.348. The number of thiophene rings is 2. The van der Waals surface area contributed by atoms with Crippen LogP contribution >= 0.6 is 22.7 Å². The number of hydrogen-bond acceptors (Lipinski definition) is 8. The summed E-state index contributed by atoms with van der Waals surface area (Å²) in [7, 11) is 1.90. The zero-order chi connectivity index (χ0) is 27.0. The van der Waals surface area contributed by atoms with Crippen molar-refractivity contribution < 1.29 is 24.5 Å². The summed E-state index contributed by atoms with van der Waals surface area (Å²) < 4.78 is 5.96. The van der Waals surface area contributed by atoms with Crippen molar-refractivity contribution in [1.29, 1.82) is 0 Å². The average molecular weight is 555 g/mol. The number of amides is 1. The van der Waals surface area contributed by atoms with Gasteiger partial charge in [-0.2, -0.15) is 0 Å². The molecule has 3 aromatic rings. The molecule has 9 heteroatoms. The molecule has 1 unspecified atom stereocenters. The van der Waals surface area contributed by atoms with Gasteiger partial charge >= 0.3 is 5.97 Å². The minimum Gasteiger partial charge on any atom is -0.455 e. The fraction of sp³-hybridized carbons (Fsp3) is 0.379. The quantitative estimate of drug-likeness (QED) is 0.269. The first kappa shape index (κ1) is 28.0. The van der Waals surface area contributed by atoms with E-state index in [4.69, 9.17) is 9.84 Å². The number of ether oxygens (including phenoxy) is 1. The third kappa shape index (κ3) is 6.91. The monoisotopic (exact) mass is 554 g/mol. The molecule has 0 spiro atoms. The third-order valence-corrected chi connectivity index (χ3v) is 8.76. The van der Waals surface area contributed by atoms with Gasteiger partial charge in [-0.25, -0.2) is 4.79 Å². The number of carbonyl (C=O) groups is 2. The van der Waals surface area contributed by atoms with Crippen LogP contribution in [-0.2, 0) is 21.7 Å². The molecular formula is C29H34N2O5S2. The summed E-state index contributed by atoms with van der Waals surface area (Å²) in [6.45, 7) is 0.942. The summed E-state index contributed by atoms with van der Waals surface area (Å²) in [4.78, 5) is 28.8. The Morgan fingerprint density at radius 3 is 2.32 bits per heavy atom. The van der Waals surface area contributed by atoms with Crippen molar-refractivity contribution in [3.8, 4) is 0 Å². The van der Waals surface area contributed by atoms with E-state index >= 15 is 0 Å². The van der Waals surface area contributed by atoms with E-state index in [-0.39, 0.29) is 12.5 Å². The number of aliphatic hydroxyl groups is 2. The Balaban J connectivity index is 1.36. The average Bonchev–Trinajstić information content (AvgIpc) is 3.64. The van der Waals surface area contributed by atoms with Gasteiger partial charge in [0.25, 0.3) is 5.91 Å². The van der Waals surface area contributed by atoms with Gasteiger partial charge in [-0.3, -0.25) is 4.79 Å². The van der Waals surface area contributed by atoms with E-state index in [1.807, 2.05) is 47.1 Å². The second-order valence-electron chi connectivity index (χ2n) is 9.57. The molecule has 7 nitrogen and oxygen atoms in total. The van der Waals surface area contributed by atoms with Gasteiger partial charge in [0.05, 0.1) is 16.4 Å². The number of rotatable bonds is 13. The fourth-order valence-corrected chi connectivity index (χ4v) is 5.98. The Bertz CT molecular complexity index is 1150. The first-order chi connectivity index (χ1) is 18.4. The molecule has 202 valence electrons. The number of nitrogens with one attached hydrogen (secondary N) is 1. The van der Waals surface area contributed by atoms with Crippen LogP contribution in [0.2, 0.25) is 0 Å². The summed E-state index contributed by atoms with van der Waals surface area (Å²) >= 11 is 2.65. The fourth-order valence-electron chi connectivity index (χ4n) is 4.26. The van der Waals surface area contributed by atoms with Crippen LogP contribution in [0, 0.1) is 5.92 Å². The summed E-state index contributed by atoms with van der Waals surface area (Å²) in [5, 5.41) is 27.3. The van der Waals surface area contributed by atoms with Crippen molar-refractivity contribution in [3.63, 3.8) is 0 Å². The van der Waals surface area contributed by atoms with Gasteiger partial charge in [-0.05, 0) is 65.2 Å². The van der Waals surface area contributed by atoms with Crippen molar-refractivity contribution in [2.75, 3.05) is 20.1 Å². The normalized spacial score (nSPS) is 14.7. The van der Waals surface area contributed by atoms with E-state index in [0.717, 1.165) is 18.4 Å². The van der Waals surface area contributed by atoms with Gasteiger partial charge < -0.3 is 25.2 Å². The molecule has 0 aliphatic heterocycles. The van der Waals surface area contributed by atoms with Crippen molar-refractivity contribution in [2.45, 2.75) is 44.0 Å². The molecule has 2 heterocycles. The van der Waals surface area contributed by atoms with Crippen molar-refractivity contribution >= 4 is 34.6 Å². The number of benzene rings is 1. The second kappa shape index (κ2) is 13.2. The van der Waals surface area contributed by atoms with Crippen LogP contribution < -0.4 is 5.32 Å². The van der Waals surface area contributed by atoms with Gasteiger partial charge in [0.15, 0.2) is 0 Å². The maximum atomic E-state index is 13.5. The molecule has 1 aliphatic carbocycles. The van der Waals surface area contributed by atoms with Crippen molar-refractivity contribution in [3.05, 3.63) is 92.4 Å². The third-order valence-electron chi connectivity index (χ3n) is 6.80. The molecule has 2 aromatic heterocycles. The molecule has 1 amide bonds. The molecular weight excluding hydrogens is 520 g/mol. The predicted octanol–water partition coefficient (Wildman–Crippen LogP) is 4.52. The van der Waals surface area contributed by atoms with E-state index in [2.05, 4.69) is 5.32 Å². The van der Waals surface area contributed by atoms with Crippen molar-refractivity contribution in [2.24, 2.45) is 5.92 Å². The largest absolute Gasteiger partial charge is 0.455 e. The van der Waals surface area contributed by atoms with Crippen LogP contribution in [0.15, 0.2) is 71.6 Å². The van der Waals surface area contributed by atoms with Gasteiger partial charge in [-0.1, -0.05) is 43.5 Å². The number of hydrogen-bond donors (Lipinski definition) is 3. The Morgan fingerprint density at radius 1 is 1.13 bits per heavy atom.